The van der Waals surface area contributed by atoms with Crippen molar-refractivity contribution in [2.24, 2.45) is 0 Å². The van der Waals surface area contributed by atoms with Gasteiger partial charge in [0, 0.05) is 4.90 Å². The summed E-state index contributed by atoms with van der Waals surface area (Å²) in [6.45, 7) is 6.52. The number of hydrogen-bond donors (Lipinski definition) is 2. The second-order valence-corrected chi connectivity index (χ2v) is 4.74. The van der Waals surface area contributed by atoms with Gasteiger partial charge in [0.15, 0.2) is 0 Å². The van der Waals surface area contributed by atoms with Crippen LogP contribution in [0.3, 0.4) is 0 Å². The second-order valence-electron chi connectivity index (χ2n) is 4.26. The second kappa shape index (κ2) is 3.72. The molecule has 0 bridgehead atoms. The summed E-state index contributed by atoms with van der Waals surface area (Å²) in [4.78, 5) is 0.990. The van der Waals surface area contributed by atoms with Crippen LogP contribution in [-0.4, -0.2) is 5.11 Å². The fourth-order valence-corrected chi connectivity index (χ4v) is 1.76. The van der Waals surface area contributed by atoms with Gasteiger partial charge in [-0.05, 0) is 22.6 Å². The Balaban J connectivity index is 3.19. The van der Waals surface area contributed by atoms with Gasteiger partial charge in [-0.15, -0.1) is 12.6 Å². The largest absolute Gasteiger partial charge is 0.392 e. The molecule has 0 heterocycles. The molecule has 1 rings (SSSR count). The highest BCUT2D eigenvalue weighted by atomic mass is 32.1. The first-order valence-corrected chi connectivity index (χ1v) is 4.83. The van der Waals surface area contributed by atoms with Crippen molar-refractivity contribution in [1.82, 2.24) is 0 Å². The molecule has 0 amide bonds. The van der Waals surface area contributed by atoms with E-state index in [0.29, 0.717) is 0 Å². The standard InChI is InChI=1S/C11H16OS/c1-11(2,3)9-6-8(7-12)4-5-10(9)13/h4-6,12-13H,7H2,1-3H3. The van der Waals surface area contributed by atoms with Gasteiger partial charge in [-0.1, -0.05) is 32.9 Å². The lowest BCUT2D eigenvalue weighted by molar-refractivity contribution is 0.281. The summed E-state index contributed by atoms with van der Waals surface area (Å²) in [5, 5.41) is 8.99. The van der Waals surface area contributed by atoms with Crippen molar-refractivity contribution in [1.29, 1.82) is 0 Å². The van der Waals surface area contributed by atoms with Crippen LogP contribution in [0.2, 0.25) is 0 Å². The molecule has 0 aliphatic rings. The Morgan fingerprint density at radius 2 is 1.92 bits per heavy atom. The molecule has 1 nitrogen and oxygen atoms in total. The fourth-order valence-electron chi connectivity index (χ4n) is 1.28. The van der Waals surface area contributed by atoms with Crippen LogP contribution >= 0.6 is 12.6 Å². The lowest BCUT2D eigenvalue weighted by atomic mass is 9.86. The monoisotopic (exact) mass is 196 g/mol. The van der Waals surface area contributed by atoms with Crippen molar-refractivity contribution in [3.05, 3.63) is 29.3 Å². The number of aliphatic hydroxyl groups is 1. The van der Waals surface area contributed by atoms with Crippen molar-refractivity contribution < 1.29 is 5.11 Å². The van der Waals surface area contributed by atoms with E-state index in [1.807, 2.05) is 18.2 Å². The Hall–Kier alpha value is -0.470. The maximum absolute atomic E-state index is 8.99. The van der Waals surface area contributed by atoms with Crippen LogP contribution in [0.15, 0.2) is 23.1 Å². The fraction of sp³-hybridized carbons (Fsp3) is 0.455. The number of thiol groups is 1. The van der Waals surface area contributed by atoms with E-state index in [4.69, 9.17) is 5.11 Å². The first-order chi connectivity index (χ1) is 5.95. The number of aliphatic hydroxyl groups excluding tert-OH is 1. The molecule has 0 saturated heterocycles. The molecule has 0 fully saturated rings. The van der Waals surface area contributed by atoms with Gasteiger partial charge in [-0.3, -0.25) is 0 Å². The Kier molecular flexibility index (Phi) is 3.04. The third-order valence-electron chi connectivity index (χ3n) is 2.05. The molecule has 13 heavy (non-hydrogen) atoms. The van der Waals surface area contributed by atoms with E-state index < -0.39 is 0 Å². The molecule has 1 N–H and O–H groups in total. The third-order valence-corrected chi connectivity index (χ3v) is 2.44. The van der Waals surface area contributed by atoms with Crippen LogP contribution in [-0.2, 0) is 12.0 Å². The van der Waals surface area contributed by atoms with Crippen LogP contribution in [0.5, 0.6) is 0 Å². The van der Waals surface area contributed by atoms with E-state index in [9.17, 15) is 0 Å². The van der Waals surface area contributed by atoms with Crippen LogP contribution in [0.25, 0.3) is 0 Å². The quantitative estimate of drug-likeness (QED) is 0.662. The zero-order valence-corrected chi connectivity index (χ0v) is 9.23. The van der Waals surface area contributed by atoms with Crippen LogP contribution < -0.4 is 0 Å². The van der Waals surface area contributed by atoms with Crippen LogP contribution in [0, 0.1) is 0 Å². The van der Waals surface area contributed by atoms with Crippen molar-refractivity contribution in [3.63, 3.8) is 0 Å². The van der Waals surface area contributed by atoms with Gasteiger partial charge >= 0.3 is 0 Å². The van der Waals surface area contributed by atoms with Gasteiger partial charge in [0.25, 0.3) is 0 Å². The molecule has 0 aromatic heterocycles. The molecule has 0 saturated carbocycles. The lowest BCUT2D eigenvalue weighted by Gasteiger charge is -2.21. The van der Waals surface area contributed by atoms with Gasteiger partial charge < -0.3 is 5.11 Å². The Morgan fingerprint density at radius 1 is 1.31 bits per heavy atom. The van der Waals surface area contributed by atoms with Gasteiger partial charge in [-0.25, -0.2) is 0 Å². The normalized spacial score (nSPS) is 11.8. The minimum Gasteiger partial charge on any atom is -0.392 e. The third kappa shape index (κ3) is 2.48. The molecule has 1 aromatic rings. The molecule has 0 spiro atoms. The summed E-state index contributed by atoms with van der Waals surface area (Å²) >= 11 is 4.40. The number of benzene rings is 1. The van der Waals surface area contributed by atoms with Crippen molar-refractivity contribution >= 4 is 12.6 Å². The highest BCUT2D eigenvalue weighted by Gasteiger charge is 2.16. The van der Waals surface area contributed by atoms with Gasteiger partial charge in [0.05, 0.1) is 6.61 Å². The molecule has 0 aliphatic heterocycles. The van der Waals surface area contributed by atoms with Crippen LogP contribution in [0.4, 0.5) is 0 Å². The number of rotatable bonds is 1. The smallest absolute Gasteiger partial charge is 0.0681 e. The van der Waals surface area contributed by atoms with E-state index >= 15 is 0 Å². The summed E-state index contributed by atoms with van der Waals surface area (Å²) in [7, 11) is 0. The lowest BCUT2D eigenvalue weighted by Crippen LogP contribution is -2.12. The van der Waals surface area contributed by atoms with Crippen molar-refractivity contribution in [3.8, 4) is 0 Å². The molecule has 2 heteroatoms. The molecular weight excluding hydrogens is 180 g/mol. The van der Waals surface area contributed by atoms with Crippen molar-refractivity contribution in [2.75, 3.05) is 0 Å². The minimum absolute atomic E-state index is 0.0856. The van der Waals surface area contributed by atoms with Crippen LogP contribution in [0.1, 0.15) is 31.9 Å². The highest BCUT2D eigenvalue weighted by Crippen LogP contribution is 2.28. The summed E-state index contributed by atoms with van der Waals surface area (Å²) in [5.74, 6) is 0. The number of hydrogen-bond acceptors (Lipinski definition) is 2. The van der Waals surface area contributed by atoms with E-state index in [-0.39, 0.29) is 12.0 Å². The van der Waals surface area contributed by atoms with E-state index in [2.05, 4.69) is 33.4 Å². The zero-order valence-electron chi connectivity index (χ0n) is 8.33. The zero-order chi connectivity index (χ0) is 10.1. The maximum Gasteiger partial charge on any atom is 0.0681 e. The molecule has 0 aliphatic carbocycles. The average Bonchev–Trinajstić information content (AvgIpc) is 2.03. The van der Waals surface area contributed by atoms with Crippen molar-refractivity contribution in [2.45, 2.75) is 37.7 Å². The summed E-state index contributed by atoms with van der Waals surface area (Å²) < 4.78 is 0. The first-order valence-electron chi connectivity index (χ1n) is 4.38. The topological polar surface area (TPSA) is 20.2 Å². The van der Waals surface area contributed by atoms with E-state index in [1.165, 1.54) is 5.56 Å². The summed E-state index contributed by atoms with van der Waals surface area (Å²) in [6, 6.07) is 5.86. The summed E-state index contributed by atoms with van der Waals surface area (Å²) in [6.07, 6.45) is 0. The van der Waals surface area contributed by atoms with Gasteiger partial charge in [0.1, 0.15) is 0 Å². The van der Waals surface area contributed by atoms with Gasteiger partial charge in [0.2, 0.25) is 0 Å². The van der Waals surface area contributed by atoms with E-state index in [0.717, 1.165) is 10.5 Å². The molecular formula is C11H16OS. The SMILES string of the molecule is CC(C)(C)c1cc(CO)ccc1S. The molecule has 0 atom stereocenters. The molecule has 1 aromatic carbocycles. The Labute approximate surface area is 85.2 Å². The van der Waals surface area contributed by atoms with E-state index in [1.54, 1.807) is 0 Å². The minimum atomic E-state index is 0.0856. The predicted molar refractivity (Wildman–Crippen MR) is 58.3 cm³/mol. The first kappa shape index (κ1) is 10.6. The predicted octanol–water partition coefficient (Wildman–Crippen LogP) is 2.77. The Morgan fingerprint density at radius 3 is 2.38 bits per heavy atom. The van der Waals surface area contributed by atoms with Gasteiger partial charge in [-0.2, -0.15) is 0 Å². The molecule has 0 unspecified atom stereocenters. The molecule has 72 valence electrons. The average molecular weight is 196 g/mol. The highest BCUT2D eigenvalue weighted by molar-refractivity contribution is 7.80. The maximum atomic E-state index is 8.99. The molecule has 0 radical (unpaired) electrons. The Bertz CT molecular complexity index is 299. The summed E-state index contributed by atoms with van der Waals surface area (Å²) in [5.41, 5.74) is 2.22.